The van der Waals surface area contributed by atoms with Crippen molar-refractivity contribution in [1.82, 2.24) is 4.72 Å². The van der Waals surface area contributed by atoms with E-state index in [0.717, 1.165) is 6.26 Å². The van der Waals surface area contributed by atoms with E-state index in [4.69, 9.17) is 0 Å². The topological polar surface area (TPSA) is 63.2 Å². The van der Waals surface area contributed by atoms with E-state index in [1.54, 1.807) is 30.3 Å². The Labute approximate surface area is 76.6 Å². The minimum Gasteiger partial charge on any atom is -0.268 e. The number of carbonyl (C=O) groups is 1. The summed E-state index contributed by atoms with van der Waals surface area (Å²) in [5.74, 6) is -0.608. The summed E-state index contributed by atoms with van der Waals surface area (Å²) >= 11 is 0. The third-order valence-corrected chi connectivity index (χ3v) is 1.87. The van der Waals surface area contributed by atoms with Gasteiger partial charge in [-0.2, -0.15) is 0 Å². The summed E-state index contributed by atoms with van der Waals surface area (Å²) in [6.45, 7) is 0. The van der Waals surface area contributed by atoms with Crippen LogP contribution in [0.3, 0.4) is 0 Å². The number of carbonyl (C=O) groups excluding carboxylic acids is 1. The molecule has 0 atom stereocenters. The summed E-state index contributed by atoms with van der Waals surface area (Å²) in [6.07, 6.45) is 0.938. The highest BCUT2D eigenvalue weighted by molar-refractivity contribution is 7.89. The molecular weight excluding hydrogens is 190 g/mol. The molecule has 0 fully saturated rings. The number of sulfonamides is 1. The average molecular weight is 199 g/mol. The number of amides is 1. The Morgan fingerprint density at radius 3 is 2.23 bits per heavy atom. The van der Waals surface area contributed by atoms with Gasteiger partial charge in [0, 0.05) is 5.56 Å². The van der Waals surface area contributed by atoms with Gasteiger partial charge in [-0.15, -0.1) is 0 Å². The Kier molecular flexibility index (Phi) is 2.67. The van der Waals surface area contributed by atoms with Gasteiger partial charge in [0.2, 0.25) is 10.0 Å². The molecule has 70 valence electrons. The van der Waals surface area contributed by atoms with Gasteiger partial charge >= 0.3 is 0 Å². The van der Waals surface area contributed by atoms with Gasteiger partial charge < -0.3 is 0 Å². The first kappa shape index (κ1) is 9.73. The van der Waals surface area contributed by atoms with Crippen LogP contribution in [0.25, 0.3) is 0 Å². The summed E-state index contributed by atoms with van der Waals surface area (Å²) in [5, 5.41) is 0. The highest BCUT2D eigenvalue weighted by atomic mass is 32.2. The van der Waals surface area contributed by atoms with Crippen LogP contribution in [0.15, 0.2) is 30.3 Å². The summed E-state index contributed by atoms with van der Waals surface area (Å²) in [7, 11) is -3.47. The summed E-state index contributed by atoms with van der Waals surface area (Å²) < 4.78 is 23.2. The minimum absolute atomic E-state index is 0.327. The first-order valence-electron chi connectivity index (χ1n) is 3.56. The predicted octanol–water partition coefficient (Wildman–Crippen LogP) is 0.376. The molecule has 1 rings (SSSR count). The SMILES string of the molecule is CS(=O)(=O)NC(=O)c1ccccc1. The molecule has 0 saturated carbocycles. The lowest BCUT2D eigenvalue weighted by Crippen LogP contribution is -2.29. The van der Waals surface area contributed by atoms with Gasteiger partial charge in [0.1, 0.15) is 0 Å². The zero-order valence-electron chi connectivity index (χ0n) is 7.02. The van der Waals surface area contributed by atoms with E-state index in [1.165, 1.54) is 0 Å². The summed E-state index contributed by atoms with van der Waals surface area (Å²) in [5.41, 5.74) is 0.327. The molecular formula is C8H9NO3S. The Hall–Kier alpha value is -1.36. The molecule has 5 heteroatoms. The van der Waals surface area contributed by atoms with E-state index in [0.29, 0.717) is 5.56 Å². The van der Waals surface area contributed by atoms with Crippen LogP contribution in [0.5, 0.6) is 0 Å². The normalized spacial score (nSPS) is 10.8. The fraction of sp³-hybridized carbons (Fsp3) is 0.125. The van der Waals surface area contributed by atoms with Crippen LogP contribution in [-0.2, 0) is 10.0 Å². The van der Waals surface area contributed by atoms with E-state index in [1.807, 2.05) is 4.72 Å². The molecule has 0 unspecified atom stereocenters. The van der Waals surface area contributed by atoms with Crippen LogP contribution < -0.4 is 4.72 Å². The van der Waals surface area contributed by atoms with Crippen LogP contribution in [0.4, 0.5) is 0 Å². The summed E-state index contributed by atoms with van der Waals surface area (Å²) in [4.78, 5) is 11.2. The van der Waals surface area contributed by atoms with Crippen LogP contribution >= 0.6 is 0 Å². The Morgan fingerprint density at radius 1 is 1.23 bits per heavy atom. The van der Waals surface area contributed by atoms with Gasteiger partial charge in [-0.25, -0.2) is 13.1 Å². The zero-order chi connectivity index (χ0) is 9.90. The highest BCUT2D eigenvalue weighted by Crippen LogP contribution is 1.98. The molecule has 0 spiro atoms. The lowest BCUT2D eigenvalue weighted by molar-refractivity contribution is 0.0981. The molecule has 0 aliphatic carbocycles. The number of hydrogen-bond donors (Lipinski definition) is 1. The second-order valence-corrected chi connectivity index (χ2v) is 4.32. The van der Waals surface area contributed by atoms with Gasteiger partial charge in [0.05, 0.1) is 6.26 Å². The standard InChI is InChI=1S/C8H9NO3S/c1-13(11,12)9-8(10)7-5-3-2-4-6-7/h2-6H,1H3,(H,9,10). The van der Waals surface area contributed by atoms with Gasteiger partial charge in [-0.3, -0.25) is 4.79 Å². The Balaban J connectivity index is 2.82. The van der Waals surface area contributed by atoms with Crippen molar-refractivity contribution in [3.8, 4) is 0 Å². The van der Waals surface area contributed by atoms with E-state index >= 15 is 0 Å². The maximum absolute atomic E-state index is 11.2. The molecule has 1 N–H and O–H groups in total. The molecule has 0 aliphatic rings. The molecule has 0 aliphatic heterocycles. The van der Waals surface area contributed by atoms with Gasteiger partial charge in [0.25, 0.3) is 5.91 Å². The van der Waals surface area contributed by atoms with Crippen molar-refractivity contribution in [2.24, 2.45) is 0 Å². The minimum atomic E-state index is -3.47. The van der Waals surface area contributed by atoms with Crippen molar-refractivity contribution in [1.29, 1.82) is 0 Å². The maximum Gasteiger partial charge on any atom is 0.264 e. The number of rotatable bonds is 2. The second-order valence-electron chi connectivity index (χ2n) is 2.57. The molecule has 0 aromatic heterocycles. The van der Waals surface area contributed by atoms with Crippen LogP contribution in [0.1, 0.15) is 10.4 Å². The van der Waals surface area contributed by atoms with E-state index < -0.39 is 15.9 Å². The molecule has 1 aromatic carbocycles. The van der Waals surface area contributed by atoms with Crippen molar-refractivity contribution < 1.29 is 13.2 Å². The van der Waals surface area contributed by atoms with E-state index in [9.17, 15) is 13.2 Å². The smallest absolute Gasteiger partial charge is 0.264 e. The molecule has 0 saturated heterocycles. The monoisotopic (exact) mass is 199 g/mol. The van der Waals surface area contributed by atoms with Crippen LogP contribution in [0, 0.1) is 0 Å². The fourth-order valence-corrected chi connectivity index (χ4v) is 1.27. The second kappa shape index (κ2) is 3.57. The zero-order valence-corrected chi connectivity index (χ0v) is 7.84. The Morgan fingerprint density at radius 2 is 1.77 bits per heavy atom. The first-order chi connectivity index (χ1) is 5.99. The third kappa shape index (κ3) is 3.25. The molecule has 0 heterocycles. The number of hydrogen-bond acceptors (Lipinski definition) is 3. The Bertz CT molecular complexity index is 397. The summed E-state index contributed by atoms with van der Waals surface area (Å²) in [6, 6.07) is 8.16. The maximum atomic E-state index is 11.2. The molecule has 0 radical (unpaired) electrons. The van der Waals surface area contributed by atoms with Gasteiger partial charge in [0.15, 0.2) is 0 Å². The average Bonchev–Trinajstić information content (AvgIpc) is 2.03. The van der Waals surface area contributed by atoms with Gasteiger partial charge in [-0.1, -0.05) is 18.2 Å². The third-order valence-electron chi connectivity index (χ3n) is 1.31. The first-order valence-corrected chi connectivity index (χ1v) is 5.45. The van der Waals surface area contributed by atoms with Gasteiger partial charge in [-0.05, 0) is 12.1 Å². The highest BCUT2D eigenvalue weighted by Gasteiger charge is 2.09. The van der Waals surface area contributed by atoms with E-state index in [2.05, 4.69) is 0 Å². The largest absolute Gasteiger partial charge is 0.268 e. The van der Waals surface area contributed by atoms with Crippen molar-refractivity contribution in [2.75, 3.05) is 6.26 Å². The number of benzene rings is 1. The lowest BCUT2D eigenvalue weighted by atomic mass is 10.2. The number of nitrogens with one attached hydrogen (secondary N) is 1. The van der Waals surface area contributed by atoms with Crippen molar-refractivity contribution in [3.05, 3.63) is 35.9 Å². The molecule has 1 aromatic rings. The molecule has 1 amide bonds. The van der Waals surface area contributed by atoms with Crippen molar-refractivity contribution in [3.63, 3.8) is 0 Å². The van der Waals surface area contributed by atoms with E-state index in [-0.39, 0.29) is 0 Å². The quantitative estimate of drug-likeness (QED) is 0.748. The fourth-order valence-electron chi connectivity index (χ4n) is 0.817. The van der Waals surface area contributed by atoms with Crippen molar-refractivity contribution in [2.45, 2.75) is 0 Å². The van der Waals surface area contributed by atoms with Crippen LogP contribution in [0.2, 0.25) is 0 Å². The predicted molar refractivity (Wildman–Crippen MR) is 48.8 cm³/mol. The molecule has 0 bridgehead atoms. The van der Waals surface area contributed by atoms with Crippen molar-refractivity contribution >= 4 is 15.9 Å². The lowest BCUT2D eigenvalue weighted by Gasteiger charge is -2.00. The molecule has 4 nitrogen and oxygen atoms in total. The van der Waals surface area contributed by atoms with Crippen LogP contribution in [-0.4, -0.2) is 20.6 Å². The molecule has 13 heavy (non-hydrogen) atoms.